The largest absolute Gasteiger partial charge is 0.434 e. The molecule has 10 heteroatoms. The van der Waals surface area contributed by atoms with E-state index in [0.717, 1.165) is 11.6 Å². The van der Waals surface area contributed by atoms with Gasteiger partial charge in [0.2, 0.25) is 10.0 Å². The van der Waals surface area contributed by atoms with E-state index >= 15 is 0 Å². The zero-order valence-corrected chi connectivity index (χ0v) is 15.4. The number of imidazole rings is 1. The second-order valence-corrected chi connectivity index (χ2v) is 7.83. The zero-order valence-electron chi connectivity index (χ0n) is 14.6. The van der Waals surface area contributed by atoms with Crippen LogP contribution in [0.25, 0.3) is 28.0 Å². The topological polar surface area (TPSA) is 90.9 Å². The molecule has 0 saturated carbocycles. The highest BCUT2D eigenvalue weighted by atomic mass is 32.2. The van der Waals surface area contributed by atoms with Crippen LogP contribution < -0.4 is 5.14 Å². The smallest absolute Gasteiger partial charge is 0.299 e. The van der Waals surface area contributed by atoms with Crippen molar-refractivity contribution in [3.8, 4) is 17.1 Å². The molecule has 4 aromatic rings. The Morgan fingerprint density at radius 3 is 2.34 bits per heavy atom. The lowest BCUT2D eigenvalue weighted by Crippen LogP contribution is -2.12. The Morgan fingerprint density at radius 1 is 1.00 bits per heavy atom. The van der Waals surface area contributed by atoms with Gasteiger partial charge in [-0.05, 0) is 36.4 Å². The molecule has 2 aromatic heterocycles. The fraction of sp³-hybridized carbons (Fsp3) is 0.0526. The van der Waals surface area contributed by atoms with Crippen LogP contribution in [0, 0.1) is 0 Å². The molecule has 2 N–H and O–H groups in total. The van der Waals surface area contributed by atoms with Gasteiger partial charge in [0.25, 0.3) is 0 Å². The van der Waals surface area contributed by atoms with E-state index in [1.165, 1.54) is 35.0 Å². The third kappa shape index (κ3) is 3.71. The summed E-state index contributed by atoms with van der Waals surface area (Å²) in [5, 5.41) is 5.82. The van der Waals surface area contributed by atoms with Gasteiger partial charge in [-0.3, -0.25) is 9.55 Å². The summed E-state index contributed by atoms with van der Waals surface area (Å²) in [7, 11) is -3.92. The first kappa shape index (κ1) is 19.1. The number of rotatable bonds is 3. The Morgan fingerprint density at radius 2 is 1.69 bits per heavy atom. The minimum atomic E-state index is -4.65. The number of pyridine rings is 1. The highest BCUT2D eigenvalue weighted by molar-refractivity contribution is 7.89. The van der Waals surface area contributed by atoms with Gasteiger partial charge in [0, 0.05) is 29.0 Å². The molecule has 0 bridgehead atoms. The Balaban J connectivity index is 1.90. The molecule has 0 unspecified atom stereocenters. The van der Waals surface area contributed by atoms with Crippen LogP contribution in [-0.4, -0.2) is 23.0 Å². The predicted octanol–water partition coefficient (Wildman–Crippen LogP) is 3.75. The van der Waals surface area contributed by atoms with Crippen LogP contribution in [0.2, 0.25) is 0 Å². The van der Waals surface area contributed by atoms with Gasteiger partial charge in [-0.15, -0.1) is 0 Å². The van der Waals surface area contributed by atoms with E-state index in [4.69, 9.17) is 5.14 Å². The van der Waals surface area contributed by atoms with Crippen molar-refractivity contribution in [3.63, 3.8) is 0 Å². The van der Waals surface area contributed by atoms with E-state index < -0.39 is 21.9 Å². The molecule has 0 atom stereocenters. The number of sulfonamides is 1. The molecule has 0 spiro atoms. The van der Waals surface area contributed by atoms with Gasteiger partial charge in [0.05, 0.1) is 10.4 Å². The number of para-hydroxylation sites is 1. The molecule has 0 radical (unpaired) electrons. The van der Waals surface area contributed by atoms with E-state index in [2.05, 4.69) is 9.97 Å². The van der Waals surface area contributed by atoms with E-state index in [9.17, 15) is 21.6 Å². The van der Waals surface area contributed by atoms with Crippen LogP contribution in [0.1, 0.15) is 5.69 Å². The molecule has 2 heterocycles. The molecule has 2 aromatic carbocycles. The molecular formula is C19H13F3N4O2S. The first-order chi connectivity index (χ1) is 13.6. The maximum Gasteiger partial charge on any atom is 0.434 e. The highest BCUT2D eigenvalue weighted by Crippen LogP contribution is 2.33. The van der Waals surface area contributed by atoms with Gasteiger partial charge in [0.1, 0.15) is 5.82 Å². The van der Waals surface area contributed by atoms with E-state index in [0.29, 0.717) is 16.8 Å². The quantitative estimate of drug-likeness (QED) is 0.549. The first-order valence-electron chi connectivity index (χ1n) is 8.28. The van der Waals surface area contributed by atoms with Gasteiger partial charge in [-0.25, -0.2) is 18.5 Å². The van der Waals surface area contributed by atoms with Crippen molar-refractivity contribution in [1.29, 1.82) is 0 Å². The summed E-state index contributed by atoms with van der Waals surface area (Å²) < 4.78 is 64.0. The number of nitrogens with two attached hydrogens (primary N) is 1. The van der Waals surface area contributed by atoms with E-state index in [1.54, 1.807) is 24.3 Å². The van der Waals surface area contributed by atoms with Crippen molar-refractivity contribution >= 4 is 20.9 Å². The average Bonchev–Trinajstić information content (AvgIpc) is 3.13. The summed E-state index contributed by atoms with van der Waals surface area (Å²) in [6.45, 7) is 0. The number of nitrogens with zero attached hydrogens (tertiary/aromatic N) is 3. The van der Waals surface area contributed by atoms with Crippen LogP contribution in [0.5, 0.6) is 0 Å². The Hall–Kier alpha value is -3.24. The number of hydrogen-bond donors (Lipinski definition) is 1. The maximum atomic E-state index is 13.3. The van der Waals surface area contributed by atoms with Crippen molar-refractivity contribution in [2.45, 2.75) is 11.1 Å². The number of aromatic nitrogens is 3. The number of hydrogen-bond acceptors (Lipinski definition) is 4. The minimum Gasteiger partial charge on any atom is -0.299 e. The summed E-state index contributed by atoms with van der Waals surface area (Å²) in [4.78, 5) is 7.89. The monoisotopic (exact) mass is 418 g/mol. The van der Waals surface area contributed by atoms with Crippen molar-refractivity contribution in [3.05, 3.63) is 72.7 Å². The molecule has 0 aliphatic carbocycles. The first-order valence-corrected chi connectivity index (χ1v) is 9.82. The minimum absolute atomic E-state index is 0.0268. The van der Waals surface area contributed by atoms with Crippen molar-refractivity contribution in [2.75, 3.05) is 0 Å². The van der Waals surface area contributed by atoms with Gasteiger partial charge in [-0.2, -0.15) is 13.2 Å². The van der Waals surface area contributed by atoms with Gasteiger partial charge < -0.3 is 0 Å². The lowest BCUT2D eigenvalue weighted by Gasteiger charge is -2.09. The molecule has 0 aliphatic rings. The van der Waals surface area contributed by atoms with Crippen molar-refractivity contribution < 1.29 is 21.6 Å². The molecule has 29 heavy (non-hydrogen) atoms. The average molecular weight is 418 g/mol. The van der Waals surface area contributed by atoms with Crippen molar-refractivity contribution in [1.82, 2.24) is 14.5 Å². The summed E-state index contributed by atoms with van der Waals surface area (Å²) in [5.74, 6) is 0.0268. The van der Waals surface area contributed by atoms with Crippen LogP contribution >= 0.6 is 0 Å². The number of halogens is 3. The lowest BCUT2D eigenvalue weighted by molar-refractivity contribution is -0.140. The third-order valence-corrected chi connectivity index (χ3v) is 5.22. The molecule has 0 fully saturated rings. The van der Waals surface area contributed by atoms with E-state index in [-0.39, 0.29) is 10.7 Å². The standard InChI is InChI=1S/C19H13F3N4O2S/c20-19(21,22)17-11-26(14-5-7-15(8-6-14)29(23,27)28)18(25-17)13-9-12-3-1-2-4-16(12)24-10-13/h1-11H,(H2,23,27,28). The molecule has 4 rings (SSSR count). The van der Waals surface area contributed by atoms with Gasteiger partial charge in [0.15, 0.2) is 5.69 Å². The SMILES string of the molecule is NS(=O)(=O)c1ccc(-n2cc(C(F)(F)F)nc2-c2cnc3ccccc3c2)cc1. The van der Waals surface area contributed by atoms with Crippen LogP contribution in [0.3, 0.4) is 0 Å². The molecule has 0 amide bonds. The van der Waals surface area contributed by atoms with Crippen LogP contribution in [0.4, 0.5) is 13.2 Å². The molecule has 148 valence electrons. The number of alkyl halides is 3. The Kier molecular flexibility index (Phi) is 4.39. The second kappa shape index (κ2) is 6.68. The molecule has 6 nitrogen and oxygen atoms in total. The van der Waals surface area contributed by atoms with E-state index in [1.807, 2.05) is 6.07 Å². The summed E-state index contributed by atoms with van der Waals surface area (Å²) in [6, 6.07) is 14.1. The molecule has 0 saturated heterocycles. The van der Waals surface area contributed by atoms with Gasteiger partial charge >= 0.3 is 6.18 Å². The van der Waals surface area contributed by atoms with Crippen LogP contribution in [0.15, 0.2) is 71.9 Å². The maximum absolute atomic E-state index is 13.3. The fourth-order valence-electron chi connectivity index (χ4n) is 2.91. The fourth-order valence-corrected chi connectivity index (χ4v) is 3.42. The normalized spacial score (nSPS) is 12.4. The summed E-state index contributed by atoms with van der Waals surface area (Å²) >= 11 is 0. The molecule has 0 aliphatic heterocycles. The predicted molar refractivity (Wildman–Crippen MR) is 101 cm³/mol. The third-order valence-electron chi connectivity index (χ3n) is 4.29. The summed E-state index contributed by atoms with van der Waals surface area (Å²) in [6.07, 6.45) is -2.35. The lowest BCUT2D eigenvalue weighted by atomic mass is 10.1. The Labute approximate surface area is 163 Å². The number of fused-ring (bicyclic) bond motifs is 1. The number of primary sulfonamides is 1. The molecular weight excluding hydrogens is 405 g/mol. The second-order valence-electron chi connectivity index (χ2n) is 6.27. The van der Waals surface area contributed by atoms with Crippen molar-refractivity contribution in [2.24, 2.45) is 5.14 Å². The van der Waals surface area contributed by atoms with Gasteiger partial charge in [-0.1, -0.05) is 18.2 Å². The zero-order chi connectivity index (χ0) is 20.8. The van der Waals surface area contributed by atoms with Crippen LogP contribution in [-0.2, 0) is 16.2 Å². The summed E-state index contributed by atoms with van der Waals surface area (Å²) in [5.41, 5.74) is 0.303. The highest BCUT2D eigenvalue weighted by Gasteiger charge is 2.35. The number of benzene rings is 2. The Bertz CT molecular complexity index is 1310.